The Morgan fingerprint density at radius 1 is 1.18 bits per heavy atom. The van der Waals surface area contributed by atoms with Crippen LogP contribution in [0, 0.1) is 5.92 Å². The molecule has 0 bridgehead atoms. The van der Waals surface area contributed by atoms with E-state index in [1.54, 1.807) is 6.33 Å². The van der Waals surface area contributed by atoms with E-state index in [1.165, 1.54) is 0 Å². The maximum atomic E-state index is 6.15. The van der Waals surface area contributed by atoms with E-state index in [4.69, 9.17) is 5.73 Å². The van der Waals surface area contributed by atoms with Crippen molar-refractivity contribution in [2.75, 3.05) is 0 Å². The van der Waals surface area contributed by atoms with Crippen molar-refractivity contribution in [2.24, 2.45) is 11.7 Å². The highest BCUT2D eigenvalue weighted by atomic mass is 35.5. The van der Waals surface area contributed by atoms with E-state index in [9.17, 15) is 0 Å². The molecule has 0 aliphatic heterocycles. The van der Waals surface area contributed by atoms with Crippen LogP contribution in [0.5, 0.6) is 0 Å². The molecule has 0 amide bonds. The maximum absolute atomic E-state index is 6.15. The Morgan fingerprint density at radius 3 is 2.24 bits per heavy atom. The van der Waals surface area contributed by atoms with Gasteiger partial charge in [-0.1, -0.05) is 27.7 Å². The van der Waals surface area contributed by atoms with E-state index in [0.29, 0.717) is 11.8 Å². The molecular weight excluding hydrogens is 257 g/mol. The summed E-state index contributed by atoms with van der Waals surface area (Å²) in [5, 5.41) is 0. The van der Waals surface area contributed by atoms with Gasteiger partial charge in [0.1, 0.15) is 6.33 Å². The first kappa shape index (κ1) is 19.0. The summed E-state index contributed by atoms with van der Waals surface area (Å²) in [4.78, 5) is 8.38. The van der Waals surface area contributed by atoms with Gasteiger partial charge in [-0.25, -0.2) is 9.97 Å². The number of nitrogens with two attached hydrogens (primary N) is 1. The van der Waals surface area contributed by atoms with Gasteiger partial charge in [0.05, 0.1) is 5.69 Å². The van der Waals surface area contributed by atoms with Crippen molar-refractivity contribution < 1.29 is 0 Å². The summed E-state index contributed by atoms with van der Waals surface area (Å²) in [6.45, 7) is 8.62. The second kappa shape index (κ2) is 8.67. The predicted molar refractivity (Wildman–Crippen MR) is 77.0 cm³/mol. The molecule has 0 saturated carbocycles. The molecule has 17 heavy (non-hydrogen) atoms. The van der Waals surface area contributed by atoms with Crippen molar-refractivity contribution in [3.63, 3.8) is 0 Å². The van der Waals surface area contributed by atoms with Gasteiger partial charge in [-0.15, -0.1) is 24.8 Å². The van der Waals surface area contributed by atoms with Crippen molar-refractivity contribution >= 4 is 24.8 Å². The minimum atomic E-state index is 0. The van der Waals surface area contributed by atoms with E-state index in [2.05, 4.69) is 37.7 Å². The highest BCUT2D eigenvalue weighted by molar-refractivity contribution is 5.85. The van der Waals surface area contributed by atoms with E-state index in [-0.39, 0.29) is 30.9 Å². The molecule has 0 saturated heterocycles. The maximum Gasteiger partial charge on any atom is 0.115 e. The van der Waals surface area contributed by atoms with E-state index in [1.807, 2.05) is 6.20 Å². The van der Waals surface area contributed by atoms with Gasteiger partial charge >= 0.3 is 0 Å². The molecule has 0 spiro atoms. The third-order valence-corrected chi connectivity index (χ3v) is 2.44. The summed E-state index contributed by atoms with van der Waals surface area (Å²) >= 11 is 0. The zero-order valence-corrected chi connectivity index (χ0v) is 12.5. The van der Waals surface area contributed by atoms with Crippen molar-refractivity contribution in [2.45, 2.75) is 46.1 Å². The van der Waals surface area contributed by atoms with Crippen LogP contribution in [0.2, 0.25) is 0 Å². The average Bonchev–Trinajstić information content (AvgIpc) is 2.16. The SMILES string of the molecule is CC(C)CC(N)c1cncnc1C(C)C.Cl.Cl. The number of hydrogen-bond acceptors (Lipinski definition) is 3. The van der Waals surface area contributed by atoms with Crippen LogP contribution in [0.3, 0.4) is 0 Å². The largest absolute Gasteiger partial charge is 0.324 e. The molecule has 1 rings (SSSR count). The lowest BCUT2D eigenvalue weighted by Gasteiger charge is -2.18. The third kappa shape index (κ3) is 5.66. The summed E-state index contributed by atoms with van der Waals surface area (Å²) in [5.74, 6) is 1.00. The summed E-state index contributed by atoms with van der Waals surface area (Å²) < 4.78 is 0. The lowest BCUT2D eigenvalue weighted by molar-refractivity contribution is 0.502. The Balaban J connectivity index is 0. The molecule has 0 fully saturated rings. The number of hydrogen-bond donors (Lipinski definition) is 1. The third-order valence-electron chi connectivity index (χ3n) is 2.44. The molecule has 0 aromatic carbocycles. The minimum Gasteiger partial charge on any atom is -0.324 e. The zero-order chi connectivity index (χ0) is 11.4. The minimum absolute atomic E-state index is 0. The van der Waals surface area contributed by atoms with Crippen LogP contribution < -0.4 is 5.73 Å². The van der Waals surface area contributed by atoms with Crippen LogP contribution in [0.1, 0.15) is 57.3 Å². The van der Waals surface area contributed by atoms with Crippen molar-refractivity contribution in [3.05, 3.63) is 23.8 Å². The Labute approximate surface area is 116 Å². The average molecular weight is 280 g/mol. The standard InChI is InChI=1S/C12H21N3.2ClH/c1-8(2)5-11(13)10-6-14-7-15-12(10)9(3)4;;/h6-9,11H,5,13H2,1-4H3;2*1H. The second-order valence-electron chi connectivity index (χ2n) is 4.75. The molecule has 1 heterocycles. The van der Waals surface area contributed by atoms with Crippen LogP contribution >= 0.6 is 24.8 Å². The van der Waals surface area contributed by atoms with Gasteiger partial charge in [-0.05, 0) is 18.3 Å². The second-order valence-corrected chi connectivity index (χ2v) is 4.75. The van der Waals surface area contributed by atoms with Crippen LogP contribution in [0.25, 0.3) is 0 Å². The van der Waals surface area contributed by atoms with Gasteiger partial charge in [-0.2, -0.15) is 0 Å². The summed E-state index contributed by atoms with van der Waals surface area (Å²) in [6.07, 6.45) is 4.43. The molecule has 5 heteroatoms. The molecule has 1 aromatic heterocycles. The van der Waals surface area contributed by atoms with Crippen molar-refractivity contribution in [1.29, 1.82) is 0 Å². The number of rotatable bonds is 4. The van der Waals surface area contributed by atoms with Crippen LogP contribution in [-0.4, -0.2) is 9.97 Å². The fourth-order valence-corrected chi connectivity index (χ4v) is 1.75. The first-order valence-corrected chi connectivity index (χ1v) is 5.57. The normalized spacial score (nSPS) is 11.9. The first-order chi connectivity index (χ1) is 7.02. The highest BCUT2D eigenvalue weighted by Gasteiger charge is 2.15. The molecular formula is C12H23Cl2N3. The zero-order valence-electron chi connectivity index (χ0n) is 10.9. The quantitative estimate of drug-likeness (QED) is 0.918. The van der Waals surface area contributed by atoms with Crippen LogP contribution in [0.15, 0.2) is 12.5 Å². The lowest BCUT2D eigenvalue weighted by Crippen LogP contribution is -2.16. The molecule has 0 radical (unpaired) electrons. The van der Waals surface area contributed by atoms with Gasteiger partial charge in [0.2, 0.25) is 0 Å². The van der Waals surface area contributed by atoms with Gasteiger partial charge in [-0.3, -0.25) is 0 Å². The molecule has 0 aliphatic rings. The summed E-state index contributed by atoms with van der Waals surface area (Å²) in [5.41, 5.74) is 8.33. The Bertz CT molecular complexity index is 316. The Kier molecular flexibility index (Phi) is 9.68. The Morgan fingerprint density at radius 2 is 1.76 bits per heavy atom. The van der Waals surface area contributed by atoms with E-state index >= 15 is 0 Å². The first-order valence-electron chi connectivity index (χ1n) is 5.57. The molecule has 1 aromatic rings. The van der Waals surface area contributed by atoms with Gasteiger partial charge in [0.25, 0.3) is 0 Å². The van der Waals surface area contributed by atoms with Crippen molar-refractivity contribution in [1.82, 2.24) is 9.97 Å². The molecule has 3 nitrogen and oxygen atoms in total. The topological polar surface area (TPSA) is 51.8 Å². The van der Waals surface area contributed by atoms with Gasteiger partial charge < -0.3 is 5.73 Å². The van der Waals surface area contributed by atoms with Gasteiger partial charge in [0.15, 0.2) is 0 Å². The van der Waals surface area contributed by atoms with Gasteiger partial charge in [0, 0.05) is 17.8 Å². The molecule has 2 N–H and O–H groups in total. The van der Waals surface area contributed by atoms with Crippen molar-refractivity contribution in [3.8, 4) is 0 Å². The van der Waals surface area contributed by atoms with Crippen LogP contribution in [0.4, 0.5) is 0 Å². The summed E-state index contributed by atoms with van der Waals surface area (Å²) in [6, 6.07) is 0.0589. The van der Waals surface area contributed by atoms with E-state index < -0.39 is 0 Å². The molecule has 1 unspecified atom stereocenters. The molecule has 1 atom stereocenters. The highest BCUT2D eigenvalue weighted by Crippen LogP contribution is 2.24. The number of halogens is 2. The predicted octanol–water partition coefficient (Wildman–Crippen LogP) is 3.49. The monoisotopic (exact) mass is 279 g/mol. The number of nitrogens with zero attached hydrogens (tertiary/aromatic N) is 2. The van der Waals surface area contributed by atoms with E-state index in [0.717, 1.165) is 17.7 Å². The fraction of sp³-hybridized carbons (Fsp3) is 0.667. The smallest absolute Gasteiger partial charge is 0.115 e. The fourth-order valence-electron chi connectivity index (χ4n) is 1.75. The molecule has 0 aliphatic carbocycles. The lowest BCUT2D eigenvalue weighted by atomic mass is 9.94. The van der Waals surface area contributed by atoms with Crippen LogP contribution in [-0.2, 0) is 0 Å². The number of aromatic nitrogens is 2. The summed E-state index contributed by atoms with van der Waals surface area (Å²) in [7, 11) is 0. The molecule has 100 valence electrons. The Hall–Kier alpha value is -0.380.